The zero-order chi connectivity index (χ0) is 7.71. The average Bonchev–Trinajstić information content (AvgIpc) is 1.14. The topological polar surface area (TPSA) is 118 Å². The standard InChI is InChI=1S/H2O7S2.H3P/c1-8(2,3)7-9(4,5)6;/h(H,1,2,3)(H,4,5,6);1H3. The van der Waals surface area contributed by atoms with E-state index in [1.54, 1.807) is 0 Å². The van der Waals surface area contributed by atoms with Crippen LogP contribution in [0.2, 0.25) is 0 Å². The highest BCUT2D eigenvalue weighted by molar-refractivity contribution is 7.94. The summed E-state index contributed by atoms with van der Waals surface area (Å²) in [6.07, 6.45) is 0. The molecule has 0 amide bonds. The molecule has 0 saturated carbocycles. The minimum Gasteiger partial charge on any atom is -0.263 e. The highest BCUT2D eigenvalue weighted by Crippen LogP contribution is 1.91. The van der Waals surface area contributed by atoms with Gasteiger partial charge in [-0.25, -0.2) is 0 Å². The summed E-state index contributed by atoms with van der Waals surface area (Å²) in [6.45, 7) is 0. The molecular weight excluding hydrogens is 207 g/mol. The lowest BCUT2D eigenvalue weighted by Gasteiger charge is -1.89. The SMILES string of the molecule is O=S(=O)(O)OS(=O)(=O)O.P. The third kappa shape index (κ3) is 11.1. The molecule has 0 bridgehead atoms. The number of hydrogen-bond donors (Lipinski definition) is 2. The molecule has 0 aliphatic carbocycles. The van der Waals surface area contributed by atoms with Gasteiger partial charge in [0.05, 0.1) is 0 Å². The largest absolute Gasteiger partial charge is 0.413 e. The van der Waals surface area contributed by atoms with E-state index in [-0.39, 0.29) is 9.90 Å². The van der Waals surface area contributed by atoms with Gasteiger partial charge in [0.25, 0.3) is 0 Å². The Labute approximate surface area is 60.9 Å². The highest BCUT2D eigenvalue weighted by Gasteiger charge is 2.15. The van der Waals surface area contributed by atoms with Crippen molar-refractivity contribution in [2.75, 3.05) is 0 Å². The van der Waals surface area contributed by atoms with Crippen LogP contribution >= 0.6 is 9.90 Å². The van der Waals surface area contributed by atoms with Gasteiger partial charge in [0.15, 0.2) is 0 Å². The van der Waals surface area contributed by atoms with Crippen molar-refractivity contribution in [2.24, 2.45) is 0 Å². The second-order valence-electron chi connectivity index (χ2n) is 0.924. The van der Waals surface area contributed by atoms with Crippen molar-refractivity contribution in [3.63, 3.8) is 0 Å². The molecule has 0 fully saturated rings. The fourth-order valence-electron chi connectivity index (χ4n) is 0.109. The van der Waals surface area contributed by atoms with Gasteiger partial charge in [-0.15, -0.1) is 3.63 Å². The van der Waals surface area contributed by atoms with Gasteiger partial charge in [-0.1, -0.05) is 0 Å². The maximum Gasteiger partial charge on any atom is 0.413 e. The molecule has 0 spiro atoms. The summed E-state index contributed by atoms with van der Waals surface area (Å²) >= 11 is 0. The summed E-state index contributed by atoms with van der Waals surface area (Å²) in [4.78, 5) is 0. The normalized spacial score (nSPS) is 12.2. The van der Waals surface area contributed by atoms with Crippen molar-refractivity contribution in [1.82, 2.24) is 0 Å². The number of hydrogen-bond acceptors (Lipinski definition) is 5. The van der Waals surface area contributed by atoms with Gasteiger partial charge < -0.3 is 0 Å². The smallest absolute Gasteiger partial charge is 0.263 e. The molecule has 0 aromatic rings. The molecule has 64 valence electrons. The molecule has 7 nitrogen and oxygen atoms in total. The van der Waals surface area contributed by atoms with Crippen LogP contribution in [0.25, 0.3) is 0 Å². The van der Waals surface area contributed by atoms with Crippen molar-refractivity contribution in [3.8, 4) is 0 Å². The van der Waals surface area contributed by atoms with Crippen molar-refractivity contribution in [3.05, 3.63) is 0 Å². The van der Waals surface area contributed by atoms with E-state index in [1.807, 2.05) is 0 Å². The summed E-state index contributed by atoms with van der Waals surface area (Å²) in [7, 11) is -10.2. The lowest BCUT2D eigenvalue weighted by Crippen LogP contribution is -2.10. The summed E-state index contributed by atoms with van der Waals surface area (Å²) < 4.78 is 55.6. The molecule has 2 N–H and O–H groups in total. The zero-order valence-electron chi connectivity index (χ0n) is 4.46. The fourth-order valence-corrected chi connectivity index (χ4v) is 0.978. The second-order valence-corrected chi connectivity index (χ2v) is 3.18. The van der Waals surface area contributed by atoms with Crippen molar-refractivity contribution >= 4 is 30.7 Å². The van der Waals surface area contributed by atoms with Crippen LogP contribution in [0.4, 0.5) is 0 Å². The molecule has 0 aromatic carbocycles. The van der Waals surface area contributed by atoms with Crippen LogP contribution in [0.3, 0.4) is 0 Å². The van der Waals surface area contributed by atoms with Gasteiger partial charge in [0, 0.05) is 0 Å². The molecule has 0 aliphatic rings. The minimum absolute atomic E-state index is 0. The molecule has 0 radical (unpaired) electrons. The Kier molecular flexibility index (Phi) is 4.57. The first-order valence-electron chi connectivity index (χ1n) is 1.37. The van der Waals surface area contributed by atoms with Gasteiger partial charge >= 0.3 is 20.8 Å². The molecule has 0 rings (SSSR count). The van der Waals surface area contributed by atoms with E-state index in [0.717, 1.165) is 0 Å². The van der Waals surface area contributed by atoms with Crippen LogP contribution in [0.5, 0.6) is 0 Å². The van der Waals surface area contributed by atoms with E-state index in [0.29, 0.717) is 0 Å². The Bertz CT molecular complexity index is 237. The van der Waals surface area contributed by atoms with E-state index >= 15 is 0 Å². The highest BCUT2D eigenvalue weighted by atomic mass is 32.3. The second kappa shape index (κ2) is 3.56. The first-order chi connectivity index (χ1) is 3.71. The summed E-state index contributed by atoms with van der Waals surface area (Å²) in [5.74, 6) is 0. The molecule has 0 heterocycles. The zero-order valence-corrected chi connectivity index (χ0v) is 7.51. The van der Waals surface area contributed by atoms with E-state index in [4.69, 9.17) is 9.11 Å². The monoisotopic (exact) mass is 212 g/mol. The molecular formula is H5O7PS2. The molecule has 0 aromatic heterocycles. The van der Waals surface area contributed by atoms with Crippen LogP contribution in [-0.2, 0) is 24.4 Å². The Morgan fingerprint density at radius 3 is 1.10 bits per heavy atom. The first-order valence-corrected chi connectivity index (χ1v) is 4.10. The van der Waals surface area contributed by atoms with Crippen molar-refractivity contribution in [1.29, 1.82) is 0 Å². The molecule has 10 heteroatoms. The van der Waals surface area contributed by atoms with Gasteiger partial charge in [-0.2, -0.15) is 26.7 Å². The Balaban J connectivity index is 0. The van der Waals surface area contributed by atoms with Gasteiger partial charge in [0.2, 0.25) is 0 Å². The molecule has 0 aliphatic heterocycles. The minimum atomic E-state index is -5.12. The van der Waals surface area contributed by atoms with Crippen molar-refractivity contribution in [2.45, 2.75) is 0 Å². The lowest BCUT2D eigenvalue weighted by atomic mass is 15.8. The molecule has 1 atom stereocenters. The van der Waals surface area contributed by atoms with E-state index in [9.17, 15) is 16.8 Å². The Hall–Kier alpha value is 0.210. The van der Waals surface area contributed by atoms with E-state index in [2.05, 4.69) is 3.63 Å². The molecule has 10 heavy (non-hydrogen) atoms. The third-order valence-corrected chi connectivity index (χ3v) is 1.55. The first kappa shape index (κ1) is 12.8. The van der Waals surface area contributed by atoms with E-state index < -0.39 is 20.8 Å². The molecule has 1 unspecified atom stereocenters. The predicted molar refractivity (Wildman–Crippen MR) is 35.3 cm³/mol. The van der Waals surface area contributed by atoms with Crippen LogP contribution in [0.15, 0.2) is 0 Å². The van der Waals surface area contributed by atoms with Gasteiger partial charge in [-0.05, 0) is 0 Å². The van der Waals surface area contributed by atoms with Crippen LogP contribution < -0.4 is 0 Å². The lowest BCUT2D eigenvalue weighted by molar-refractivity contribution is 0.344. The maximum absolute atomic E-state index is 9.44. The van der Waals surface area contributed by atoms with Crippen LogP contribution in [0, 0.1) is 0 Å². The maximum atomic E-state index is 9.44. The number of rotatable bonds is 2. The fraction of sp³-hybridized carbons (Fsp3) is 0. The van der Waals surface area contributed by atoms with Crippen LogP contribution in [0.1, 0.15) is 0 Å². The Morgan fingerprint density at radius 1 is 0.900 bits per heavy atom. The Morgan fingerprint density at radius 2 is 1.10 bits per heavy atom. The van der Waals surface area contributed by atoms with E-state index in [1.165, 1.54) is 0 Å². The summed E-state index contributed by atoms with van der Waals surface area (Å²) in [5.41, 5.74) is 0. The van der Waals surface area contributed by atoms with Gasteiger partial charge in [0.1, 0.15) is 0 Å². The summed E-state index contributed by atoms with van der Waals surface area (Å²) in [5, 5.41) is 0. The molecule has 0 saturated heterocycles. The summed E-state index contributed by atoms with van der Waals surface area (Å²) in [6, 6.07) is 0. The average molecular weight is 212 g/mol. The third-order valence-electron chi connectivity index (χ3n) is 0.172. The van der Waals surface area contributed by atoms with Crippen molar-refractivity contribution < 1.29 is 29.6 Å². The van der Waals surface area contributed by atoms with Gasteiger partial charge in [-0.3, -0.25) is 9.11 Å². The predicted octanol–water partition coefficient (Wildman–Crippen LogP) is -1.33. The quantitative estimate of drug-likeness (QED) is 0.429. The van der Waals surface area contributed by atoms with Crippen LogP contribution in [-0.4, -0.2) is 25.9 Å².